The monoisotopic (exact) mass is 398 g/mol. The molecule has 0 saturated heterocycles. The topological polar surface area (TPSA) is 70.8 Å². The van der Waals surface area contributed by atoms with E-state index in [2.05, 4.69) is 15.3 Å². The van der Waals surface area contributed by atoms with Gasteiger partial charge in [0.15, 0.2) is 17.3 Å². The molecule has 0 fully saturated rings. The lowest BCUT2D eigenvalue weighted by atomic mass is 10.2. The third-order valence-electron chi connectivity index (χ3n) is 3.98. The molecule has 0 aliphatic carbocycles. The van der Waals surface area contributed by atoms with Gasteiger partial charge in [-0.1, -0.05) is 42.1 Å². The molecule has 0 N–H and O–H groups in total. The standard InChI is InChI=1S/C20H22N4O3S/c1-14-22-23-20(28-4)24(14)21-12-16-10-17(25-2)19(18(11-16)26-3)27-13-15-8-6-5-7-9-15/h5-12H,13H2,1-4H3/b21-12-. The van der Waals surface area contributed by atoms with E-state index in [0.29, 0.717) is 29.7 Å². The molecule has 0 atom stereocenters. The molecular weight excluding hydrogens is 376 g/mol. The second-order valence-corrected chi connectivity index (χ2v) is 6.59. The summed E-state index contributed by atoms with van der Waals surface area (Å²) >= 11 is 1.48. The van der Waals surface area contributed by atoms with E-state index in [1.54, 1.807) is 25.1 Å². The van der Waals surface area contributed by atoms with Gasteiger partial charge in [-0.05, 0) is 30.9 Å². The Morgan fingerprint density at radius 1 is 1.07 bits per heavy atom. The van der Waals surface area contributed by atoms with Crippen molar-refractivity contribution in [1.82, 2.24) is 14.9 Å². The summed E-state index contributed by atoms with van der Waals surface area (Å²) in [7, 11) is 3.20. The zero-order chi connectivity index (χ0) is 19.9. The predicted octanol–water partition coefficient (Wildman–Crippen LogP) is 3.79. The fraction of sp³-hybridized carbons (Fsp3) is 0.250. The number of hydrogen-bond acceptors (Lipinski definition) is 7. The van der Waals surface area contributed by atoms with Crippen LogP contribution in [0, 0.1) is 6.92 Å². The summed E-state index contributed by atoms with van der Waals surface area (Å²) in [6, 6.07) is 13.6. The number of ether oxygens (including phenoxy) is 3. The van der Waals surface area contributed by atoms with Crippen LogP contribution in [0.2, 0.25) is 0 Å². The molecule has 2 aromatic carbocycles. The van der Waals surface area contributed by atoms with Gasteiger partial charge in [0, 0.05) is 5.56 Å². The van der Waals surface area contributed by atoms with Crippen LogP contribution in [0.25, 0.3) is 0 Å². The van der Waals surface area contributed by atoms with Gasteiger partial charge in [-0.25, -0.2) is 0 Å². The lowest BCUT2D eigenvalue weighted by Gasteiger charge is -2.15. The van der Waals surface area contributed by atoms with Crippen molar-refractivity contribution in [2.24, 2.45) is 5.10 Å². The second kappa shape index (κ2) is 9.27. The Morgan fingerprint density at radius 3 is 2.36 bits per heavy atom. The molecule has 1 aromatic heterocycles. The molecule has 7 nitrogen and oxygen atoms in total. The summed E-state index contributed by atoms with van der Waals surface area (Å²) in [6.07, 6.45) is 3.64. The highest BCUT2D eigenvalue weighted by molar-refractivity contribution is 7.98. The first-order valence-electron chi connectivity index (χ1n) is 8.59. The van der Waals surface area contributed by atoms with Gasteiger partial charge in [-0.2, -0.15) is 9.78 Å². The normalized spacial score (nSPS) is 11.0. The van der Waals surface area contributed by atoms with Gasteiger partial charge >= 0.3 is 0 Å². The van der Waals surface area contributed by atoms with Crippen LogP contribution in [0.3, 0.4) is 0 Å². The third-order valence-corrected chi connectivity index (χ3v) is 4.60. The van der Waals surface area contributed by atoms with E-state index in [4.69, 9.17) is 14.2 Å². The molecule has 0 unspecified atom stereocenters. The molecule has 0 bridgehead atoms. The van der Waals surface area contributed by atoms with Crippen LogP contribution in [0.5, 0.6) is 17.2 Å². The van der Waals surface area contributed by atoms with Gasteiger partial charge < -0.3 is 14.2 Å². The van der Waals surface area contributed by atoms with Crippen molar-refractivity contribution in [2.45, 2.75) is 18.7 Å². The number of rotatable bonds is 8. The Bertz CT molecular complexity index is 932. The van der Waals surface area contributed by atoms with Crippen LogP contribution >= 0.6 is 11.8 Å². The SMILES string of the molecule is COc1cc(/C=N\n2c(C)nnc2SC)cc(OC)c1OCc1ccccc1. The number of aromatic nitrogens is 3. The molecule has 0 radical (unpaired) electrons. The summed E-state index contributed by atoms with van der Waals surface area (Å²) in [5.74, 6) is 2.41. The molecule has 0 aliphatic rings. The third kappa shape index (κ3) is 4.45. The molecule has 0 aliphatic heterocycles. The van der Waals surface area contributed by atoms with Gasteiger partial charge in [0.1, 0.15) is 6.61 Å². The maximum absolute atomic E-state index is 5.97. The van der Waals surface area contributed by atoms with Crippen molar-refractivity contribution in [3.63, 3.8) is 0 Å². The summed E-state index contributed by atoms with van der Waals surface area (Å²) in [4.78, 5) is 0. The van der Waals surface area contributed by atoms with E-state index in [1.165, 1.54) is 11.8 Å². The maximum Gasteiger partial charge on any atom is 0.211 e. The number of methoxy groups -OCH3 is 2. The van der Waals surface area contributed by atoms with E-state index in [1.807, 2.05) is 55.6 Å². The van der Waals surface area contributed by atoms with Crippen molar-refractivity contribution in [3.8, 4) is 17.2 Å². The largest absolute Gasteiger partial charge is 0.493 e. The molecule has 28 heavy (non-hydrogen) atoms. The van der Waals surface area contributed by atoms with Gasteiger partial charge in [0.2, 0.25) is 10.9 Å². The summed E-state index contributed by atoms with van der Waals surface area (Å²) in [5, 5.41) is 13.3. The van der Waals surface area contributed by atoms with Crippen LogP contribution in [0.1, 0.15) is 17.0 Å². The zero-order valence-corrected chi connectivity index (χ0v) is 17.1. The molecule has 3 aromatic rings. The van der Waals surface area contributed by atoms with Crippen molar-refractivity contribution in [3.05, 3.63) is 59.4 Å². The Balaban J connectivity index is 1.88. The number of hydrogen-bond donors (Lipinski definition) is 0. The Morgan fingerprint density at radius 2 is 1.75 bits per heavy atom. The first kappa shape index (κ1) is 19.8. The Kier molecular flexibility index (Phi) is 6.54. The average Bonchev–Trinajstić information content (AvgIpc) is 3.10. The molecule has 0 spiro atoms. The van der Waals surface area contributed by atoms with Crippen LogP contribution in [-0.4, -0.2) is 41.6 Å². The number of nitrogens with zero attached hydrogens (tertiary/aromatic N) is 4. The van der Waals surface area contributed by atoms with Crippen LogP contribution in [0.15, 0.2) is 52.7 Å². The fourth-order valence-corrected chi connectivity index (χ4v) is 3.04. The molecule has 146 valence electrons. The van der Waals surface area contributed by atoms with Crippen molar-refractivity contribution in [1.29, 1.82) is 0 Å². The van der Waals surface area contributed by atoms with Gasteiger partial charge in [-0.15, -0.1) is 10.2 Å². The first-order valence-corrected chi connectivity index (χ1v) is 9.81. The Hall–Kier alpha value is -3.00. The molecule has 1 heterocycles. The zero-order valence-electron chi connectivity index (χ0n) is 16.2. The highest BCUT2D eigenvalue weighted by atomic mass is 32.2. The van der Waals surface area contributed by atoms with E-state index in [9.17, 15) is 0 Å². The highest BCUT2D eigenvalue weighted by Crippen LogP contribution is 2.38. The minimum absolute atomic E-state index is 0.415. The number of thioether (sulfide) groups is 1. The smallest absolute Gasteiger partial charge is 0.211 e. The van der Waals surface area contributed by atoms with E-state index in [-0.39, 0.29) is 0 Å². The molecule has 0 saturated carbocycles. The molecular formula is C20H22N4O3S. The molecule has 0 amide bonds. The molecule has 8 heteroatoms. The van der Waals surface area contributed by atoms with E-state index < -0.39 is 0 Å². The predicted molar refractivity (Wildman–Crippen MR) is 110 cm³/mol. The van der Waals surface area contributed by atoms with E-state index in [0.717, 1.165) is 16.3 Å². The summed E-state index contributed by atoms with van der Waals surface area (Å²) in [6.45, 7) is 2.27. The minimum atomic E-state index is 0.415. The van der Waals surface area contributed by atoms with Crippen LogP contribution < -0.4 is 14.2 Å². The lowest BCUT2D eigenvalue weighted by molar-refractivity contribution is 0.266. The highest BCUT2D eigenvalue weighted by Gasteiger charge is 2.14. The first-order chi connectivity index (χ1) is 13.7. The Labute approximate surface area is 168 Å². The summed E-state index contributed by atoms with van der Waals surface area (Å²) < 4.78 is 18.7. The van der Waals surface area contributed by atoms with Crippen molar-refractivity contribution in [2.75, 3.05) is 20.5 Å². The van der Waals surface area contributed by atoms with Crippen LogP contribution in [0.4, 0.5) is 0 Å². The quantitative estimate of drug-likeness (QED) is 0.425. The van der Waals surface area contributed by atoms with Gasteiger partial charge in [-0.3, -0.25) is 0 Å². The second-order valence-electron chi connectivity index (χ2n) is 5.82. The fourth-order valence-electron chi connectivity index (χ4n) is 2.57. The van der Waals surface area contributed by atoms with E-state index >= 15 is 0 Å². The van der Waals surface area contributed by atoms with Gasteiger partial charge in [0.05, 0.1) is 20.4 Å². The van der Waals surface area contributed by atoms with Crippen molar-refractivity contribution < 1.29 is 14.2 Å². The molecule has 3 rings (SSSR count). The number of benzene rings is 2. The van der Waals surface area contributed by atoms with Crippen molar-refractivity contribution >= 4 is 18.0 Å². The summed E-state index contributed by atoms with van der Waals surface area (Å²) in [5.41, 5.74) is 1.87. The maximum atomic E-state index is 5.97. The minimum Gasteiger partial charge on any atom is -0.493 e. The van der Waals surface area contributed by atoms with Gasteiger partial charge in [0.25, 0.3) is 0 Å². The average molecular weight is 398 g/mol. The lowest BCUT2D eigenvalue weighted by Crippen LogP contribution is -2.02. The van der Waals surface area contributed by atoms with Crippen LogP contribution in [-0.2, 0) is 6.61 Å². The number of aryl methyl sites for hydroxylation is 1.